The first-order valence-electron chi connectivity index (χ1n) is 17.3. The van der Waals surface area contributed by atoms with Gasteiger partial charge in [-0.2, -0.15) is 0 Å². The normalized spacial score (nSPS) is 11.4. The Hall–Kier alpha value is -7.29. The molecule has 0 fully saturated rings. The van der Waals surface area contributed by atoms with E-state index in [1.807, 2.05) is 54.6 Å². The van der Waals surface area contributed by atoms with Crippen LogP contribution in [0.25, 0.3) is 93.7 Å². The SMILES string of the molecule is [C-]#[N+]c1cccc(-n2c3ccccc3c3c2ccc2c4ccccc4n(-c4cccc(-c5cc(-c6ccccc6)nc(-c6ccccc6)n5)c4)c23)c1. The molecule has 5 heteroatoms. The molecule has 0 amide bonds. The van der Waals surface area contributed by atoms with Gasteiger partial charge in [0.15, 0.2) is 11.5 Å². The Morgan fingerprint density at radius 1 is 0.423 bits per heavy atom. The number of para-hydroxylation sites is 2. The molecule has 0 radical (unpaired) electrons. The highest BCUT2D eigenvalue weighted by Crippen LogP contribution is 2.42. The lowest BCUT2D eigenvalue weighted by Crippen LogP contribution is -1.98. The van der Waals surface area contributed by atoms with E-state index < -0.39 is 0 Å². The summed E-state index contributed by atoms with van der Waals surface area (Å²) in [5.74, 6) is 0.691. The highest BCUT2D eigenvalue weighted by molar-refractivity contribution is 6.26. The average molecular weight is 664 g/mol. The Kier molecular flexibility index (Phi) is 6.80. The third kappa shape index (κ3) is 4.70. The maximum absolute atomic E-state index is 7.68. The predicted octanol–water partition coefficient (Wildman–Crippen LogP) is 12.2. The van der Waals surface area contributed by atoms with E-state index in [-0.39, 0.29) is 0 Å². The van der Waals surface area contributed by atoms with Crippen LogP contribution in [-0.4, -0.2) is 19.1 Å². The molecule has 0 aliphatic heterocycles. The van der Waals surface area contributed by atoms with Crippen molar-refractivity contribution < 1.29 is 0 Å². The topological polar surface area (TPSA) is 40.0 Å². The van der Waals surface area contributed by atoms with E-state index in [0.717, 1.165) is 66.9 Å². The van der Waals surface area contributed by atoms with Gasteiger partial charge in [-0.3, -0.25) is 0 Å². The molecule has 0 bridgehead atoms. The standard InChI is InChI=1S/C47H29N5/c1-48-34-19-13-21-36(29-34)51-43-25-11-9-23-39(43)45-44(51)27-26-38-37-22-8-10-24-42(37)52(46(38)45)35-20-12-18-33(28-35)41-30-40(31-14-4-2-5-15-31)49-47(50-41)32-16-6-3-7-17-32/h2-30H. The quantitative estimate of drug-likeness (QED) is 0.172. The van der Waals surface area contributed by atoms with Crippen molar-refractivity contribution in [3.05, 3.63) is 187 Å². The number of aromatic nitrogens is 4. The fraction of sp³-hybridized carbons (Fsp3) is 0. The molecule has 0 aliphatic rings. The minimum Gasteiger partial charge on any atom is -0.310 e. The fourth-order valence-corrected chi connectivity index (χ4v) is 7.63. The second-order valence-electron chi connectivity index (χ2n) is 12.9. The highest BCUT2D eigenvalue weighted by Gasteiger charge is 2.21. The van der Waals surface area contributed by atoms with Crippen LogP contribution in [0, 0.1) is 6.57 Å². The van der Waals surface area contributed by atoms with E-state index >= 15 is 0 Å². The van der Waals surface area contributed by atoms with Crippen LogP contribution in [-0.2, 0) is 0 Å². The number of nitrogens with zero attached hydrogens (tertiary/aromatic N) is 5. The van der Waals surface area contributed by atoms with Crippen molar-refractivity contribution >= 4 is 49.3 Å². The third-order valence-corrected chi connectivity index (χ3v) is 9.91. The molecule has 0 N–H and O–H groups in total. The molecule has 7 aromatic carbocycles. The van der Waals surface area contributed by atoms with Gasteiger partial charge in [-0.25, -0.2) is 14.8 Å². The zero-order valence-electron chi connectivity index (χ0n) is 28.0. The minimum atomic E-state index is 0.617. The zero-order valence-corrected chi connectivity index (χ0v) is 28.0. The zero-order chi connectivity index (χ0) is 34.6. The van der Waals surface area contributed by atoms with Crippen LogP contribution in [0.4, 0.5) is 5.69 Å². The number of hydrogen-bond donors (Lipinski definition) is 0. The number of benzene rings is 7. The lowest BCUT2D eigenvalue weighted by molar-refractivity contribution is 1.16. The molecule has 10 aromatic rings. The van der Waals surface area contributed by atoms with Crippen molar-refractivity contribution in [3.8, 4) is 45.3 Å². The van der Waals surface area contributed by atoms with Crippen molar-refractivity contribution in [2.24, 2.45) is 0 Å². The van der Waals surface area contributed by atoms with E-state index in [4.69, 9.17) is 16.5 Å². The van der Waals surface area contributed by atoms with Gasteiger partial charge in [-0.1, -0.05) is 127 Å². The van der Waals surface area contributed by atoms with Crippen molar-refractivity contribution in [2.45, 2.75) is 0 Å². The van der Waals surface area contributed by atoms with Crippen molar-refractivity contribution in [3.63, 3.8) is 0 Å². The Labute approximate surface area is 300 Å². The monoisotopic (exact) mass is 663 g/mol. The molecule has 242 valence electrons. The van der Waals surface area contributed by atoms with Crippen LogP contribution in [0.5, 0.6) is 0 Å². The molecule has 52 heavy (non-hydrogen) atoms. The summed E-state index contributed by atoms with van der Waals surface area (Å²) in [7, 11) is 0. The maximum atomic E-state index is 7.68. The van der Waals surface area contributed by atoms with Gasteiger partial charge in [0.2, 0.25) is 0 Å². The molecule has 3 heterocycles. The van der Waals surface area contributed by atoms with Gasteiger partial charge in [0.25, 0.3) is 0 Å². The van der Waals surface area contributed by atoms with E-state index in [2.05, 4.69) is 135 Å². The Balaban J connectivity index is 1.25. The average Bonchev–Trinajstić information content (AvgIpc) is 3.74. The van der Waals surface area contributed by atoms with Crippen molar-refractivity contribution in [1.82, 2.24) is 19.1 Å². The number of rotatable bonds is 5. The predicted molar refractivity (Wildman–Crippen MR) is 213 cm³/mol. The van der Waals surface area contributed by atoms with Crippen LogP contribution in [0.2, 0.25) is 0 Å². The number of hydrogen-bond acceptors (Lipinski definition) is 2. The van der Waals surface area contributed by atoms with Crippen LogP contribution in [0.3, 0.4) is 0 Å². The van der Waals surface area contributed by atoms with Crippen molar-refractivity contribution in [2.75, 3.05) is 0 Å². The molecule has 5 nitrogen and oxygen atoms in total. The Morgan fingerprint density at radius 3 is 1.77 bits per heavy atom. The molecule has 0 aliphatic carbocycles. The van der Waals surface area contributed by atoms with Crippen LogP contribution in [0.15, 0.2) is 176 Å². The van der Waals surface area contributed by atoms with Crippen LogP contribution < -0.4 is 0 Å². The van der Waals surface area contributed by atoms with E-state index in [1.165, 1.54) is 16.2 Å². The first kappa shape index (κ1) is 29.6. The third-order valence-electron chi connectivity index (χ3n) is 9.91. The molecular weight excluding hydrogens is 635 g/mol. The Bertz CT molecular complexity index is 2960. The van der Waals surface area contributed by atoms with Gasteiger partial charge >= 0.3 is 0 Å². The number of fused-ring (bicyclic) bond motifs is 7. The van der Waals surface area contributed by atoms with Gasteiger partial charge in [-0.05, 0) is 48.5 Å². The van der Waals surface area contributed by atoms with E-state index in [9.17, 15) is 0 Å². The van der Waals surface area contributed by atoms with Crippen LogP contribution >= 0.6 is 0 Å². The van der Waals surface area contributed by atoms with Crippen LogP contribution in [0.1, 0.15) is 0 Å². The second-order valence-corrected chi connectivity index (χ2v) is 12.9. The lowest BCUT2D eigenvalue weighted by atomic mass is 10.1. The summed E-state index contributed by atoms with van der Waals surface area (Å²) >= 11 is 0. The van der Waals surface area contributed by atoms with Gasteiger partial charge in [0, 0.05) is 49.6 Å². The molecular formula is C47H29N5. The molecule has 0 atom stereocenters. The summed E-state index contributed by atoms with van der Waals surface area (Å²) in [6, 6.07) is 60.8. The minimum absolute atomic E-state index is 0.617. The molecule has 0 saturated carbocycles. The smallest absolute Gasteiger partial charge is 0.189 e. The van der Waals surface area contributed by atoms with Crippen molar-refractivity contribution in [1.29, 1.82) is 0 Å². The summed E-state index contributed by atoms with van der Waals surface area (Å²) in [6.07, 6.45) is 0. The van der Waals surface area contributed by atoms with E-state index in [1.54, 1.807) is 0 Å². The van der Waals surface area contributed by atoms with Gasteiger partial charge < -0.3 is 9.13 Å². The first-order valence-corrected chi connectivity index (χ1v) is 17.3. The molecule has 0 unspecified atom stereocenters. The summed E-state index contributed by atoms with van der Waals surface area (Å²) in [5, 5.41) is 4.71. The second kappa shape index (κ2) is 11.9. The molecule has 0 saturated heterocycles. The summed E-state index contributed by atoms with van der Waals surface area (Å²) in [6.45, 7) is 7.68. The lowest BCUT2D eigenvalue weighted by Gasteiger charge is -2.13. The largest absolute Gasteiger partial charge is 0.310 e. The first-order chi connectivity index (χ1) is 25.7. The summed E-state index contributed by atoms with van der Waals surface area (Å²) in [5.41, 5.74) is 11.9. The highest BCUT2D eigenvalue weighted by atomic mass is 15.0. The van der Waals surface area contributed by atoms with E-state index in [0.29, 0.717) is 11.5 Å². The van der Waals surface area contributed by atoms with Gasteiger partial charge in [0.05, 0.1) is 40.0 Å². The summed E-state index contributed by atoms with van der Waals surface area (Å²) in [4.78, 5) is 13.9. The summed E-state index contributed by atoms with van der Waals surface area (Å²) < 4.78 is 4.69. The Morgan fingerprint density at radius 2 is 1.02 bits per heavy atom. The fourth-order valence-electron chi connectivity index (χ4n) is 7.63. The molecule has 0 spiro atoms. The molecule has 10 rings (SSSR count). The maximum Gasteiger partial charge on any atom is 0.189 e. The van der Waals surface area contributed by atoms with Gasteiger partial charge in [-0.15, -0.1) is 0 Å². The molecule has 3 aromatic heterocycles. The van der Waals surface area contributed by atoms with Gasteiger partial charge in [0.1, 0.15) is 0 Å².